The molecular formula is C16H25FN2. The summed E-state index contributed by atoms with van der Waals surface area (Å²) in [6.07, 6.45) is 3.44. The van der Waals surface area contributed by atoms with Crippen LogP contribution in [0.4, 0.5) is 10.1 Å². The van der Waals surface area contributed by atoms with Gasteiger partial charge in [-0.1, -0.05) is 19.9 Å². The molecule has 1 aromatic carbocycles. The molecule has 0 spiro atoms. The number of nitrogens with zero attached hydrogens (tertiary/aromatic N) is 1. The van der Waals surface area contributed by atoms with Crippen LogP contribution in [-0.2, 0) is 6.54 Å². The summed E-state index contributed by atoms with van der Waals surface area (Å²) in [6.45, 7) is 8.09. The van der Waals surface area contributed by atoms with Crippen LogP contribution in [0.2, 0.25) is 0 Å². The van der Waals surface area contributed by atoms with E-state index in [1.165, 1.54) is 12.8 Å². The highest BCUT2D eigenvalue weighted by molar-refractivity contribution is 5.49. The van der Waals surface area contributed by atoms with E-state index in [0.29, 0.717) is 0 Å². The lowest BCUT2D eigenvalue weighted by Gasteiger charge is -2.32. The number of anilines is 1. The van der Waals surface area contributed by atoms with Crippen LogP contribution in [0.25, 0.3) is 0 Å². The Morgan fingerprint density at radius 2 is 2.05 bits per heavy atom. The van der Waals surface area contributed by atoms with Gasteiger partial charge in [0, 0.05) is 19.6 Å². The highest BCUT2D eigenvalue weighted by Crippen LogP contribution is 2.26. The predicted octanol–water partition coefficient (Wildman–Crippen LogP) is 3.56. The van der Waals surface area contributed by atoms with Crippen molar-refractivity contribution in [3.63, 3.8) is 0 Å². The molecule has 1 saturated heterocycles. The maximum Gasteiger partial charge on any atom is 0.146 e. The molecule has 0 radical (unpaired) electrons. The second-order valence-corrected chi connectivity index (χ2v) is 5.63. The van der Waals surface area contributed by atoms with Crippen LogP contribution >= 0.6 is 0 Å². The third-order valence-electron chi connectivity index (χ3n) is 3.89. The van der Waals surface area contributed by atoms with Gasteiger partial charge >= 0.3 is 0 Å². The smallest absolute Gasteiger partial charge is 0.146 e. The first kappa shape index (κ1) is 14.3. The molecule has 3 heteroatoms. The monoisotopic (exact) mass is 264 g/mol. The summed E-state index contributed by atoms with van der Waals surface area (Å²) in [5.41, 5.74) is 1.80. The van der Waals surface area contributed by atoms with E-state index in [1.807, 2.05) is 12.1 Å². The van der Waals surface area contributed by atoms with Crippen molar-refractivity contribution in [1.29, 1.82) is 0 Å². The van der Waals surface area contributed by atoms with Crippen molar-refractivity contribution in [2.24, 2.45) is 5.92 Å². The first-order valence-electron chi connectivity index (χ1n) is 7.44. The summed E-state index contributed by atoms with van der Waals surface area (Å²) in [6, 6.07) is 5.66. The van der Waals surface area contributed by atoms with Gasteiger partial charge in [-0.15, -0.1) is 0 Å². The van der Waals surface area contributed by atoms with Crippen LogP contribution in [0.15, 0.2) is 18.2 Å². The topological polar surface area (TPSA) is 15.3 Å². The number of rotatable bonds is 5. The molecule has 106 valence electrons. The molecule has 1 heterocycles. The van der Waals surface area contributed by atoms with E-state index < -0.39 is 0 Å². The Morgan fingerprint density at radius 3 is 2.68 bits per heavy atom. The third kappa shape index (κ3) is 3.93. The summed E-state index contributed by atoms with van der Waals surface area (Å²) >= 11 is 0. The van der Waals surface area contributed by atoms with Crippen LogP contribution in [-0.4, -0.2) is 19.6 Å². The van der Waals surface area contributed by atoms with Crippen LogP contribution in [0.3, 0.4) is 0 Å². The largest absolute Gasteiger partial charge is 0.369 e. The van der Waals surface area contributed by atoms with Crippen molar-refractivity contribution >= 4 is 5.69 Å². The van der Waals surface area contributed by atoms with Gasteiger partial charge in [-0.2, -0.15) is 0 Å². The second-order valence-electron chi connectivity index (χ2n) is 5.63. The number of hydrogen-bond donors (Lipinski definition) is 1. The van der Waals surface area contributed by atoms with Crippen LogP contribution < -0.4 is 10.2 Å². The van der Waals surface area contributed by atoms with Crippen molar-refractivity contribution in [2.75, 3.05) is 24.5 Å². The minimum absolute atomic E-state index is 0.0784. The molecule has 0 unspecified atom stereocenters. The van der Waals surface area contributed by atoms with Gasteiger partial charge in [0.1, 0.15) is 5.82 Å². The van der Waals surface area contributed by atoms with Gasteiger partial charge in [0.05, 0.1) is 5.69 Å². The molecule has 0 atom stereocenters. The Hall–Kier alpha value is -1.09. The van der Waals surface area contributed by atoms with Crippen molar-refractivity contribution in [3.8, 4) is 0 Å². The quantitative estimate of drug-likeness (QED) is 0.818. The van der Waals surface area contributed by atoms with Crippen molar-refractivity contribution in [2.45, 2.75) is 39.7 Å². The predicted molar refractivity (Wildman–Crippen MR) is 79.0 cm³/mol. The summed E-state index contributed by atoms with van der Waals surface area (Å²) in [5, 5.41) is 3.30. The van der Waals surface area contributed by atoms with Crippen molar-refractivity contribution in [3.05, 3.63) is 29.6 Å². The Kier molecular flexibility index (Phi) is 5.20. The number of benzene rings is 1. The number of piperidine rings is 1. The first-order valence-corrected chi connectivity index (χ1v) is 7.44. The summed E-state index contributed by atoms with van der Waals surface area (Å²) in [5.74, 6) is 0.696. The van der Waals surface area contributed by atoms with Gasteiger partial charge in [-0.05, 0) is 49.4 Å². The molecule has 0 bridgehead atoms. The molecule has 1 fully saturated rings. The minimum Gasteiger partial charge on any atom is -0.369 e. The van der Waals surface area contributed by atoms with E-state index in [-0.39, 0.29) is 5.82 Å². The van der Waals surface area contributed by atoms with Gasteiger partial charge in [0.2, 0.25) is 0 Å². The SMILES string of the molecule is CCCNCc1ccc(N2CCC(C)CC2)c(F)c1. The van der Waals surface area contributed by atoms with Crippen molar-refractivity contribution in [1.82, 2.24) is 5.32 Å². The average Bonchev–Trinajstić information content (AvgIpc) is 2.41. The van der Waals surface area contributed by atoms with Gasteiger partial charge in [0.15, 0.2) is 0 Å². The van der Waals surface area contributed by atoms with E-state index in [0.717, 1.165) is 49.8 Å². The maximum atomic E-state index is 14.2. The molecular weight excluding hydrogens is 239 g/mol. The first-order chi connectivity index (χ1) is 9.20. The normalized spacial score (nSPS) is 16.9. The molecule has 1 aliphatic heterocycles. The maximum absolute atomic E-state index is 14.2. The molecule has 1 aromatic rings. The standard InChI is InChI=1S/C16H25FN2/c1-3-8-18-12-14-4-5-16(15(17)11-14)19-9-6-13(2)7-10-19/h4-5,11,13,18H,3,6-10,12H2,1-2H3. The Bertz CT molecular complexity index is 398. The zero-order valence-electron chi connectivity index (χ0n) is 12.1. The summed E-state index contributed by atoms with van der Waals surface area (Å²) < 4.78 is 14.2. The van der Waals surface area contributed by atoms with Gasteiger partial charge in [-0.3, -0.25) is 0 Å². The Balaban J connectivity index is 1.98. The zero-order chi connectivity index (χ0) is 13.7. The highest BCUT2D eigenvalue weighted by Gasteiger charge is 2.18. The third-order valence-corrected chi connectivity index (χ3v) is 3.89. The lowest BCUT2D eigenvalue weighted by molar-refractivity contribution is 0.434. The number of hydrogen-bond acceptors (Lipinski definition) is 2. The van der Waals surface area contributed by atoms with E-state index in [9.17, 15) is 4.39 Å². The lowest BCUT2D eigenvalue weighted by Crippen LogP contribution is -2.33. The second kappa shape index (κ2) is 6.90. The molecule has 2 nitrogen and oxygen atoms in total. The molecule has 0 amide bonds. The molecule has 0 saturated carbocycles. The Labute approximate surface area is 116 Å². The number of halogens is 1. The molecule has 0 aliphatic carbocycles. The number of nitrogens with one attached hydrogen (secondary N) is 1. The summed E-state index contributed by atoms with van der Waals surface area (Å²) in [4.78, 5) is 2.18. The molecule has 2 rings (SSSR count). The molecule has 1 aliphatic rings. The van der Waals surface area contributed by atoms with E-state index >= 15 is 0 Å². The Morgan fingerprint density at radius 1 is 1.32 bits per heavy atom. The van der Waals surface area contributed by atoms with Crippen molar-refractivity contribution < 1.29 is 4.39 Å². The summed E-state index contributed by atoms with van der Waals surface area (Å²) in [7, 11) is 0. The fraction of sp³-hybridized carbons (Fsp3) is 0.625. The molecule has 1 N–H and O–H groups in total. The zero-order valence-corrected chi connectivity index (χ0v) is 12.1. The van der Waals surface area contributed by atoms with Crippen LogP contribution in [0.5, 0.6) is 0 Å². The minimum atomic E-state index is -0.0784. The van der Waals surface area contributed by atoms with E-state index in [2.05, 4.69) is 24.1 Å². The average molecular weight is 264 g/mol. The van der Waals surface area contributed by atoms with E-state index in [4.69, 9.17) is 0 Å². The van der Waals surface area contributed by atoms with Gasteiger partial charge < -0.3 is 10.2 Å². The van der Waals surface area contributed by atoms with Crippen LogP contribution in [0, 0.1) is 11.7 Å². The highest BCUT2D eigenvalue weighted by atomic mass is 19.1. The van der Waals surface area contributed by atoms with E-state index in [1.54, 1.807) is 6.07 Å². The van der Waals surface area contributed by atoms with Crippen LogP contribution in [0.1, 0.15) is 38.7 Å². The fourth-order valence-electron chi connectivity index (χ4n) is 2.58. The lowest BCUT2D eigenvalue weighted by atomic mass is 9.98. The van der Waals surface area contributed by atoms with Gasteiger partial charge in [0.25, 0.3) is 0 Å². The molecule has 19 heavy (non-hydrogen) atoms. The molecule has 0 aromatic heterocycles. The van der Waals surface area contributed by atoms with Gasteiger partial charge in [-0.25, -0.2) is 4.39 Å². The fourth-order valence-corrected chi connectivity index (χ4v) is 2.58.